The minimum Gasteiger partial charge on any atom is -0.384 e. The van der Waals surface area contributed by atoms with Crippen LogP contribution in [-0.4, -0.2) is 32.3 Å². The number of hydrogen-bond acceptors (Lipinski definition) is 5. The third kappa shape index (κ3) is 3.30. The van der Waals surface area contributed by atoms with Crippen LogP contribution in [-0.2, 0) is 5.60 Å². The Balaban J connectivity index is 1.77. The maximum absolute atomic E-state index is 12.5. The fraction of sp³-hybridized carbons (Fsp3) is 0.188. The van der Waals surface area contributed by atoms with Gasteiger partial charge in [-0.1, -0.05) is 0 Å². The van der Waals surface area contributed by atoms with Gasteiger partial charge in [-0.15, -0.1) is 0 Å². The van der Waals surface area contributed by atoms with E-state index in [-0.39, 0.29) is 12.5 Å². The van der Waals surface area contributed by atoms with Crippen molar-refractivity contribution in [1.29, 1.82) is 0 Å². The highest BCUT2D eigenvalue weighted by molar-refractivity contribution is 7.08. The Bertz CT molecular complexity index is 782. The Hall–Kier alpha value is -2.51. The summed E-state index contributed by atoms with van der Waals surface area (Å²) in [5.41, 5.74) is 0.0580. The second-order valence-corrected chi connectivity index (χ2v) is 6.07. The van der Waals surface area contributed by atoms with E-state index in [9.17, 15) is 9.90 Å². The van der Waals surface area contributed by atoms with Crippen molar-refractivity contribution in [2.75, 3.05) is 6.54 Å². The number of rotatable bonds is 5. The van der Waals surface area contributed by atoms with Crippen molar-refractivity contribution in [3.8, 4) is 5.82 Å². The molecule has 0 saturated heterocycles. The molecule has 0 aliphatic carbocycles. The largest absolute Gasteiger partial charge is 0.384 e. The highest BCUT2D eigenvalue weighted by Gasteiger charge is 2.25. The van der Waals surface area contributed by atoms with Gasteiger partial charge in [0.2, 0.25) is 0 Å². The first kappa shape index (κ1) is 15.4. The zero-order chi connectivity index (χ0) is 16.3. The monoisotopic (exact) mass is 328 g/mol. The number of nitrogens with one attached hydrogen (secondary N) is 1. The molecule has 3 aromatic rings. The lowest BCUT2D eigenvalue weighted by Crippen LogP contribution is -2.38. The number of carbonyl (C=O) groups is 1. The molecule has 0 fully saturated rings. The zero-order valence-electron chi connectivity index (χ0n) is 12.5. The quantitative estimate of drug-likeness (QED) is 0.750. The Kier molecular flexibility index (Phi) is 4.22. The highest BCUT2D eigenvalue weighted by atomic mass is 32.1. The van der Waals surface area contributed by atoms with Crippen LogP contribution in [0.5, 0.6) is 0 Å². The van der Waals surface area contributed by atoms with Crippen LogP contribution in [0, 0.1) is 0 Å². The fourth-order valence-electron chi connectivity index (χ4n) is 2.17. The average Bonchev–Trinajstić information content (AvgIpc) is 3.25. The number of thiophene rings is 1. The van der Waals surface area contributed by atoms with Gasteiger partial charge in [-0.05, 0) is 47.5 Å². The predicted molar refractivity (Wildman–Crippen MR) is 87.6 cm³/mol. The van der Waals surface area contributed by atoms with Crippen LogP contribution in [0.25, 0.3) is 5.82 Å². The van der Waals surface area contributed by atoms with Crippen LogP contribution in [0.4, 0.5) is 0 Å². The summed E-state index contributed by atoms with van der Waals surface area (Å²) in [7, 11) is 0. The third-order valence-corrected chi connectivity index (χ3v) is 4.17. The third-order valence-electron chi connectivity index (χ3n) is 3.49. The van der Waals surface area contributed by atoms with E-state index in [1.165, 1.54) is 16.0 Å². The number of carbonyl (C=O) groups excluding carboxylic acids is 1. The van der Waals surface area contributed by atoms with Crippen molar-refractivity contribution in [3.05, 3.63) is 64.7 Å². The number of amides is 1. The molecule has 1 unspecified atom stereocenters. The summed E-state index contributed by atoms with van der Waals surface area (Å²) < 4.78 is 1.53. The normalized spacial score (nSPS) is 13.5. The summed E-state index contributed by atoms with van der Waals surface area (Å²) in [4.78, 5) is 16.7. The van der Waals surface area contributed by atoms with E-state index in [1.54, 1.807) is 43.7 Å². The first-order valence-electron chi connectivity index (χ1n) is 7.06. The molecule has 118 valence electrons. The first-order chi connectivity index (χ1) is 11.1. The zero-order valence-corrected chi connectivity index (χ0v) is 13.3. The fourth-order valence-corrected chi connectivity index (χ4v) is 2.95. The summed E-state index contributed by atoms with van der Waals surface area (Å²) in [5.74, 6) is 0.143. The molecule has 0 radical (unpaired) electrons. The summed E-state index contributed by atoms with van der Waals surface area (Å²) in [6, 6.07) is 6.98. The second-order valence-electron chi connectivity index (χ2n) is 5.29. The summed E-state index contributed by atoms with van der Waals surface area (Å²) in [6.07, 6.45) is 4.95. The molecule has 3 heterocycles. The van der Waals surface area contributed by atoms with E-state index in [4.69, 9.17) is 0 Å². The number of pyridine rings is 1. The molecule has 1 amide bonds. The molecule has 0 spiro atoms. The molecule has 0 aliphatic heterocycles. The van der Waals surface area contributed by atoms with Crippen molar-refractivity contribution in [2.45, 2.75) is 12.5 Å². The van der Waals surface area contributed by atoms with Gasteiger partial charge in [0.05, 0.1) is 12.1 Å². The molecular weight excluding hydrogens is 312 g/mol. The van der Waals surface area contributed by atoms with E-state index < -0.39 is 5.60 Å². The van der Waals surface area contributed by atoms with Crippen molar-refractivity contribution < 1.29 is 9.90 Å². The molecule has 0 aliphatic rings. The maximum Gasteiger partial charge on any atom is 0.255 e. The number of aromatic nitrogens is 3. The average molecular weight is 328 g/mol. The van der Waals surface area contributed by atoms with Crippen LogP contribution in [0.2, 0.25) is 0 Å². The molecule has 6 nitrogen and oxygen atoms in total. The van der Waals surface area contributed by atoms with Gasteiger partial charge >= 0.3 is 0 Å². The lowest BCUT2D eigenvalue weighted by molar-refractivity contribution is 0.0530. The van der Waals surface area contributed by atoms with Gasteiger partial charge in [-0.2, -0.15) is 16.4 Å². The number of aliphatic hydroxyl groups is 1. The van der Waals surface area contributed by atoms with E-state index >= 15 is 0 Å². The lowest BCUT2D eigenvalue weighted by atomic mass is 9.99. The highest BCUT2D eigenvalue weighted by Crippen LogP contribution is 2.22. The van der Waals surface area contributed by atoms with Gasteiger partial charge in [0.1, 0.15) is 5.60 Å². The first-order valence-corrected chi connectivity index (χ1v) is 8.00. The molecule has 23 heavy (non-hydrogen) atoms. The summed E-state index contributed by atoms with van der Waals surface area (Å²) in [6.45, 7) is 1.78. The van der Waals surface area contributed by atoms with Gasteiger partial charge in [-0.25, -0.2) is 9.67 Å². The molecule has 0 saturated carbocycles. The van der Waals surface area contributed by atoms with E-state index in [2.05, 4.69) is 15.4 Å². The minimum atomic E-state index is -1.12. The molecule has 3 aromatic heterocycles. The minimum absolute atomic E-state index is 0.107. The Labute approximate surface area is 137 Å². The van der Waals surface area contributed by atoms with Crippen molar-refractivity contribution in [1.82, 2.24) is 20.1 Å². The number of hydrogen-bond donors (Lipinski definition) is 2. The van der Waals surface area contributed by atoms with Gasteiger partial charge in [0.25, 0.3) is 5.91 Å². The Morgan fingerprint density at radius 3 is 2.96 bits per heavy atom. The molecular formula is C16H16N4O2S. The predicted octanol–water partition coefficient (Wildman–Crippen LogP) is 1.97. The lowest BCUT2D eigenvalue weighted by Gasteiger charge is -2.23. The van der Waals surface area contributed by atoms with E-state index in [0.717, 1.165) is 5.56 Å². The molecule has 0 bridgehead atoms. The molecule has 1 atom stereocenters. The summed E-state index contributed by atoms with van der Waals surface area (Å²) >= 11 is 1.50. The van der Waals surface area contributed by atoms with Gasteiger partial charge in [0, 0.05) is 18.6 Å². The van der Waals surface area contributed by atoms with Crippen LogP contribution < -0.4 is 5.32 Å². The molecule has 2 N–H and O–H groups in total. The second kappa shape index (κ2) is 6.31. The van der Waals surface area contributed by atoms with E-state index in [1.807, 2.05) is 16.8 Å². The van der Waals surface area contributed by atoms with Crippen LogP contribution in [0.1, 0.15) is 22.8 Å². The molecule has 0 aromatic carbocycles. The topological polar surface area (TPSA) is 80.0 Å². The van der Waals surface area contributed by atoms with Gasteiger partial charge < -0.3 is 10.4 Å². The van der Waals surface area contributed by atoms with Crippen LogP contribution in [0.15, 0.2) is 53.6 Å². The van der Waals surface area contributed by atoms with Crippen molar-refractivity contribution in [2.24, 2.45) is 0 Å². The van der Waals surface area contributed by atoms with Gasteiger partial charge in [-0.3, -0.25) is 4.79 Å². The molecule has 7 heteroatoms. The Morgan fingerprint density at radius 1 is 1.39 bits per heavy atom. The number of nitrogens with zero attached hydrogens (tertiary/aromatic N) is 3. The Morgan fingerprint density at radius 2 is 2.26 bits per heavy atom. The standard InChI is InChI=1S/C16H16N4O2S/c1-16(22,12-5-9-23-10-12)11-18-15(21)13-4-2-6-17-14(13)20-8-3-7-19-20/h2-10,22H,11H2,1H3,(H,18,21). The van der Waals surface area contributed by atoms with Crippen molar-refractivity contribution in [3.63, 3.8) is 0 Å². The summed E-state index contributed by atoms with van der Waals surface area (Å²) in [5, 5.41) is 21.1. The SMILES string of the molecule is CC(O)(CNC(=O)c1cccnc1-n1cccn1)c1ccsc1. The molecule has 3 rings (SSSR count). The van der Waals surface area contributed by atoms with E-state index in [0.29, 0.717) is 11.4 Å². The smallest absolute Gasteiger partial charge is 0.255 e. The maximum atomic E-state index is 12.5. The van der Waals surface area contributed by atoms with Gasteiger partial charge in [0.15, 0.2) is 5.82 Å². The van der Waals surface area contributed by atoms with Crippen LogP contribution in [0.3, 0.4) is 0 Å². The van der Waals surface area contributed by atoms with Crippen LogP contribution >= 0.6 is 11.3 Å². The van der Waals surface area contributed by atoms with Crippen molar-refractivity contribution >= 4 is 17.2 Å².